The number of hydrogen-bond acceptors (Lipinski definition) is 3. The predicted octanol–water partition coefficient (Wildman–Crippen LogP) is 1.18. The molecule has 0 saturated carbocycles. The van der Waals surface area contributed by atoms with E-state index < -0.39 is 13.2 Å². The van der Waals surface area contributed by atoms with Gasteiger partial charge in [0.1, 0.15) is 6.10 Å². The van der Waals surface area contributed by atoms with Gasteiger partial charge in [0, 0.05) is 6.42 Å². The van der Waals surface area contributed by atoms with E-state index in [1.165, 1.54) is 0 Å². The van der Waals surface area contributed by atoms with Crippen molar-refractivity contribution in [2.45, 2.75) is 38.7 Å². The summed E-state index contributed by atoms with van der Waals surface area (Å²) in [4.78, 5) is 12.0. The maximum absolute atomic E-state index is 12.0. The van der Waals surface area contributed by atoms with Crippen molar-refractivity contribution in [1.29, 1.82) is 0 Å². The van der Waals surface area contributed by atoms with Crippen LogP contribution in [0.25, 0.3) is 0 Å². The van der Waals surface area contributed by atoms with Crippen molar-refractivity contribution < 1.29 is 14.5 Å². The summed E-state index contributed by atoms with van der Waals surface area (Å²) in [6.45, 7) is 4.10. The molecular weight excluding hydrogens is 241 g/mol. The summed E-state index contributed by atoms with van der Waals surface area (Å²) < 4.78 is 5.46. The van der Waals surface area contributed by atoms with E-state index >= 15 is 0 Å². The second-order valence-electron chi connectivity index (χ2n) is 5.45. The number of carbonyl (C=O) groups excluding carboxylic acids is 1. The van der Waals surface area contributed by atoms with E-state index in [9.17, 15) is 9.82 Å². The molecule has 0 bridgehead atoms. The van der Waals surface area contributed by atoms with Crippen molar-refractivity contribution in [3.8, 4) is 0 Å². The zero-order valence-corrected chi connectivity index (χ0v) is 11.4. The average molecular weight is 261 g/mol. The van der Waals surface area contributed by atoms with Gasteiger partial charge in [-0.3, -0.25) is 4.79 Å². The van der Waals surface area contributed by atoms with Gasteiger partial charge in [-0.25, -0.2) is 0 Å². The van der Waals surface area contributed by atoms with Gasteiger partial charge in [0.2, 0.25) is 5.91 Å². The third-order valence-electron chi connectivity index (χ3n) is 3.26. The Morgan fingerprint density at radius 3 is 2.68 bits per heavy atom. The van der Waals surface area contributed by atoms with Crippen molar-refractivity contribution in [3.63, 3.8) is 0 Å². The van der Waals surface area contributed by atoms with Crippen LogP contribution in [0.5, 0.6) is 0 Å². The highest BCUT2D eigenvalue weighted by Gasteiger charge is 2.39. The van der Waals surface area contributed by atoms with E-state index in [1.54, 1.807) is 0 Å². The number of benzene rings is 1. The largest absolute Gasteiger partial charge is 0.478 e. The number of rotatable bonds is 4. The lowest BCUT2D eigenvalue weighted by Crippen LogP contribution is -2.59. The Kier molecular flexibility index (Phi) is 4.61. The van der Waals surface area contributed by atoms with E-state index in [-0.39, 0.29) is 11.8 Å². The Morgan fingerprint density at radius 2 is 2.05 bits per heavy atom. The molecule has 1 saturated heterocycles. The number of amides is 1. The zero-order valence-electron chi connectivity index (χ0n) is 11.4. The number of carbonyl (C=O) groups is 1. The minimum Gasteiger partial charge on any atom is -0.426 e. The fourth-order valence-electron chi connectivity index (χ4n) is 2.32. The minimum atomic E-state index is -0.922. The smallest absolute Gasteiger partial charge is 0.426 e. The summed E-state index contributed by atoms with van der Waals surface area (Å²) in [7, 11) is -0.922. The molecule has 1 heterocycles. The van der Waals surface area contributed by atoms with Crippen LogP contribution >= 0.6 is 0 Å². The Hall–Kier alpha value is -1.33. The molecule has 5 heteroatoms. The first-order chi connectivity index (χ1) is 9.06. The van der Waals surface area contributed by atoms with Gasteiger partial charge in [-0.05, 0) is 17.9 Å². The molecule has 1 amide bonds. The summed E-state index contributed by atoms with van der Waals surface area (Å²) in [6.07, 6.45) is 0.587. The predicted molar refractivity (Wildman–Crippen MR) is 74.4 cm³/mol. The molecule has 1 fully saturated rings. The summed E-state index contributed by atoms with van der Waals surface area (Å²) in [5.74, 6) is -0.0476. The highest BCUT2D eigenvalue weighted by molar-refractivity contribution is 6.46. The quantitative estimate of drug-likeness (QED) is 0.800. The Balaban J connectivity index is 1.96. The second kappa shape index (κ2) is 6.22. The van der Waals surface area contributed by atoms with Gasteiger partial charge in [-0.15, -0.1) is 0 Å². The molecule has 2 N–H and O–H groups in total. The standard InChI is InChI=1S/C14H20BNO3/c1-10(2)8-13-15(18)19-12(14(17)16-13)9-11-6-4-3-5-7-11/h3-7,10,12-13,18H,8-9H2,1-2H3,(H,16,17). The molecule has 0 radical (unpaired) electrons. The minimum absolute atomic E-state index is 0.139. The van der Waals surface area contributed by atoms with Gasteiger partial charge in [0.25, 0.3) is 0 Å². The lowest BCUT2D eigenvalue weighted by molar-refractivity contribution is -0.131. The molecular formula is C14H20BNO3. The van der Waals surface area contributed by atoms with Gasteiger partial charge >= 0.3 is 7.12 Å². The maximum atomic E-state index is 12.0. The zero-order chi connectivity index (χ0) is 13.8. The van der Waals surface area contributed by atoms with E-state index in [1.807, 2.05) is 30.3 Å². The summed E-state index contributed by atoms with van der Waals surface area (Å²) in [5.41, 5.74) is 1.03. The maximum Gasteiger partial charge on any atom is 0.478 e. The molecule has 102 valence electrons. The molecule has 1 aromatic carbocycles. The van der Waals surface area contributed by atoms with Crippen molar-refractivity contribution in [1.82, 2.24) is 5.32 Å². The van der Waals surface area contributed by atoms with Crippen molar-refractivity contribution in [3.05, 3.63) is 35.9 Å². The van der Waals surface area contributed by atoms with Crippen LogP contribution in [0.3, 0.4) is 0 Å². The summed E-state index contributed by atoms with van der Waals surface area (Å²) in [6, 6.07) is 9.67. The lowest BCUT2D eigenvalue weighted by Gasteiger charge is -2.32. The molecule has 1 aromatic rings. The Morgan fingerprint density at radius 1 is 1.37 bits per heavy atom. The van der Waals surface area contributed by atoms with E-state index in [0.29, 0.717) is 18.8 Å². The van der Waals surface area contributed by atoms with Crippen molar-refractivity contribution in [2.24, 2.45) is 5.92 Å². The van der Waals surface area contributed by atoms with E-state index in [4.69, 9.17) is 4.65 Å². The van der Waals surface area contributed by atoms with Crippen LogP contribution in [0, 0.1) is 5.92 Å². The Labute approximate surface area is 114 Å². The van der Waals surface area contributed by atoms with Gasteiger partial charge < -0.3 is 15.0 Å². The van der Waals surface area contributed by atoms with Gasteiger partial charge in [0.05, 0.1) is 5.94 Å². The van der Waals surface area contributed by atoms with Crippen molar-refractivity contribution in [2.75, 3.05) is 0 Å². The van der Waals surface area contributed by atoms with Crippen LogP contribution in [0.2, 0.25) is 0 Å². The third-order valence-corrected chi connectivity index (χ3v) is 3.26. The first kappa shape index (κ1) is 14.1. The van der Waals surface area contributed by atoms with Crippen LogP contribution in [0.1, 0.15) is 25.8 Å². The number of hydrogen-bond donors (Lipinski definition) is 2. The topological polar surface area (TPSA) is 58.6 Å². The van der Waals surface area contributed by atoms with Gasteiger partial charge in [-0.1, -0.05) is 44.2 Å². The normalized spacial score (nSPS) is 23.6. The van der Waals surface area contributed by atoms with Crippen LogP contribution < -0.4 is 5.32 Å². The molecule has 0 aromatic heterocycles. The fraction of sp³-hybridized carbons (Fsp3) is 0.500. The molecule has 19 heavy (non-hydrogen) atoms. The summed E-state index contributed by atoms with van der Waals surface area (Å²) >= 11 is 0. The molecule has 4 nitrogen and oxygen atoms in total. The molecule has 1 aliphatic rings. The first-order valence-electron chi connectivity index (χ1n) is 6.74. The van der Waals surface area contributed by atoms with Crippen LogP contribution in [0.15, 0.2) is 30.3 Å². The molecule has 1 aliphatic heterocycles. The molecule has 2 unspecified atom stereocenters. The number of nitrogens with one attached hydrogen (secondary N) is 1. The highest BCUT2D eigenvalue weighted by Crippen LogP contribution is 2.16. The van der Waals surface area contributed by atoms with Crippen LogP contribution in [-0.4, -0.2) is 30.1 Å². The SMILES string of the molecule is CC(C)CC1NC(=O)C(Cc2ccccc2)OB1O. The van der Waals surface area contributed by atoms with Crippen molar-refractivity contribution >= 4 is 13.0 Å². The van der Waals surface area contributed by atoms with Gasteiger partial charge in [0.15, 0.2) is 0 Å². The van der Waals surface area contributed by atoms with Gasteiger partial charge in [-0.2, -0.15) is 0 Å². The molecule has 0 aliphatic carbocycles. The fourth-order valence-corrected chi connectivity index (χ4v) is 2.32. The molecule has 2 atom stereocenters. The molecule has 0 spiro atoms. The average Bonchev–Trinajstić information content (AvgIpc) is 2.36. The Bertz CT molecular complexity index is 424. The van der Waals surface area contributed by atoms with Crippen LogP contribution in [0.4, 0.5) is 0 Å². The monoisotopic (exact) mass is 261 g/mol. The first-order valence-corrected chi connectivity index (χ1v) is 6.74. The highest BCUT2D eigenvalue weighted by atomic mass is 16.5. The summed E-state index contributed by atoms with van der Waals surface area (Å²) in [5, 5.41) is 12.8. The van der Waals surface area contributed by atoms with E-state index in [0.717, 1.165) is 5.56 Å². The lowest BCUT2D eigenvalue weighted by atomic mass is 9.72. The van der Waals surface area contributed by atoms with E-state index in [2.05, 4.69) is 19.2 Å². The third kappa shape index (κ3) is 3.82. The second-order valence-corrected chi connectivity index (χ2v) is 5.45. The van der Waals surface area contributed by atoms with Crippen LogP contribution in [-0.2, 0) is 15.9 Å². The molecule has 2 rings (SSSR count).